The van der Waals surface area contributed by atoms with Crippen LogP contribution in [0.25, 0.3) is 6.08 Å². The lowest BCUT2D eigenvalue weighted by atomic mass is 10.1. The van der Waals surface area contributed by atoms with E-state index in [0.717, 1.165) is 25.8 Å². The monoisotopic (exact) mass is 549 g/mol. The highest BCUT2D eigenvalue weighted by Crippen LogP contribution is 2.25. The minimum absolute atomic E-state index is 0.220. The summed E-state index contributed by atoms with van der Waals surface area (Å²) in [6, 6.07) is 22.3. The minimum Gasteiger partial charge on any atom is -0.488 e. The summed E-state index contributed by atoms with van der Waals surface area (Å²) in [5, 5.41) is 11.9. The second-order valence-electron chi connectivity index (χ2n) is 7.62. The van der Waals surface area contributed by atoms with Gasteiger partial charge in [0.1, 0.15) is 18.1 Å². The number of nitrogens with one attached hydrogen (secondary N) is 1. The predicted octanol–water partition coefficient (Wildman–Crippen LogP) is 5.14. The van der Waals surface area contributed by atoms with Crippen LogP contribution < -0.4 is 10.1 Å². The third-order valence-electron chi connectivity index (χ3n) is 5.17. The van der Waals surface area contributed by atoms with E-state index in [1.807, 2.05) is 67.6 Å². The Morgan fingerprint density at radius 2 is 1.91 bits per heavy atom. The SMILES string of the molecule is Cc1cccc(CN2C(=O)N/C(=C/c3ccc(OCc4ccccc4C#N)c(I)c3)C2=O)c1. The average Bonchev–Trinajstić information content (AvgIpc) is 3.06. The summed E-state index contributed by atoms with van der Waals surface area (Å²) in [7, 11) is 0. The third kappa shape index (κ3) is 5.23. The number of benzene rings is 3. The summed E-state index contributed by atoms with van der Waals surface area (Å²) in [4.78, 5) is 26.4. The number of carbonyl (C=O) groups excluding carboxylic acids is 2. The molecule has 33 heavy (non-hydrogen) atoms. The van der Waals surface area contributed by atoms with E-state index in [-0.39, 0.29) is 24.8 Å². The maximum atomic E-state index is 12.8. The van der Waals surface area contributed by atoms with Crippen molar-refractivity contribution >= 4 is 40.6 Å². The largest absolute Gasteiger partial charge is 0.488 e. The first-order chi connectivity index (χ1) is 15.9. The number of halogens is 1. The molecule has 0 spiro atoms. The zero-order valence-corrected chi connectivity index (χ0v) is 20.0. The number of carbonyl (C=O) groups is 2. The van der Waals surface area contributed by atoms with E-state index in [0.29, 0.717) is 11.3 Å². The van der Waals surface area contributed by atoms with Crippen LogP contribution in [-0.4, -0.2) is 16.8 Å². The molecule has 3 amide bonds. The predicted molar refractivity (Wildman–Crippen MR) is 133 cm³/mol. The van der Waals surface area contributed by atoms with E-state index in [9.17, 15) is 14.9 Å². The number of imide groups is 1. The quantitative estimate of drug-likeness (QED) is 0.262. The van der Waals surface area contributed by atoms with Crippen molar-refractivity contribution in [3.05, 3.63) is 104 Å². The average molecular weight is 549 g/mol. The fourth-order valence-electron chi connectivity index (χ4n) is 3.51. The number of aryl methyl sites for hydroxylation is 1. The van der Waals surface area contributed by atoms with E-state index in [4.69, 9.17) is 4.74 Å². The molecule has 0 atom stereocenters. The fourth-order valence-corrected chi connectivity index (χ4v) is 4.20. The van der Waals surface area contributed by atoms with Crippen LogP contribution in [0.15, 0.2) is 72.4 Å². The van der Waals surface area contributed by atoms with Crippen LogP contribution in [0.3, 0.4) is 0 Å². The molecule has 1 N–H and O–H groups in total. The highest BCUT2D eigenvalue weighted by atomic mass is 127. The molecular formula is C26H20IN3O3. The highest BCUT2D eigenvalue weighted by molar-refractivity contribution is 14.1. The van der Waals surface area contributed by atoms with Gasteiger partial charge in [0, 0.05) is 5.56 Å². The first-order valence-corrected chi connectivity index (χ1v) is 11.3. The fraction of sp³-hybridized carbons (Fsp3) is 0.115. The van der Waals surface area contributed by atoms with Crippen LogP contribution in [0.4, 0.5) is 4.79 Å². The Kier molecular flexibility index (Phi) is 6.75. The Balaban J connectivity index is 1.46. The zero-order chi connectivity index (χ0) is 23.4. The van der Waals surface area contributed by atoms with Gasteiger partial charge in [-0.1, -0.05) is 54.1 Å². The van der Waals surface area contributed by atoms with Crippen molar-refractivity contribution in [3.8, 4) is 11.8 Å². The Labute approximate surface area is 205 Å². The van der Waals surface area contributed by atoms with Crippen LogP contribution in [0.1, 0.15) is 27.8 Å². The second kappa shape index (κ2) is 9.88. The Morgan fingerprint density at radius 3 is 2.67 bits per heavy atom. The smallest absolute Gasteiger partial charge is 0.329 e. The van der Waals surface area contributed by atoms with Gasteiger partial charge in [0.25, 0.3) is 5.91 Å². The molecule has 7 heteroatoms. The molecule has 1 fully saturated rings. The van der Waals surface area contributed by atoms with Crippen molar-refractivity contribution in [1.82, 2.24) is 10.2 Å². The molecule has 0 unspecified atom stereocenters. The molecule has 0 radical (unpaired) electrons. The summed E-state index contributed by atoms with van der Waals surface area (Å²) >= 11 is 2.16. The van der Waals surface area contributed by atoms with Gasteiger partial charge < -0.3 is 10.1 Å². The van der Waals surface area contributed by atoms with Gasteiger partial charge in [0.15, 0.2) is 0 Å². The van der Waals surface area contributed by atoms with E-state index >= 15 is 0 Å². The van der Waals surface area contributed by atoms with Crippen molar-refractivity contribution in [1.29, 1.82) is 5.26 Å². The summed E-state index contributed by atoms with van der Waals surface area (Å²) in [6.07, 6.45) is 1.66. The zero-order valence-electron chi connectivity index (χ0n) is 17.8. The number of rotatable bonds is 6. The summed E-state index contributed by atoms with van der Waals surface area (Å²) in [6.45, 7) is 2.47. The lowest BCUT2D eigenvalue weighted by Crippen LogP contribution is -2.30. The number of urea groups is 1. The van der Waals surface area contributed by atoms with Crippen LogP contribution in [0.2, 0.25) is 0 Å². The number of hydrogen-bond donors (Lipinski definition) is 1. The molecular weight excluding hydrogens is 529 g/mol. The standard InChI is InChI=1S/C26H20IN3O3/c1-17-5-4-6-19(11-17)15-30-25(31)23(29-26(30)32)13-18-9-10-24(22(27)12-18)33-16-21-8-3-2-7-20(21)14-28/h2-13H,15-16H2,1H3,(H,29,32)/b23-13+. The third-order valence-corrected chi connectivity index (χ3v) is 6.02. The van der Waals surface area contributed by atoms with Crippen molar-refractivity contribution < 1.29 is 14.3 Å². The molecule has 3 aromatic carbocycles. The van der Waals surface area contributed by atoms with Gasteiger partial charge >= 0.3 is 6.03 Å². The van der Waals surface area contributed by atoms with Crippen LogP contribution in [-0.2, 0) is 17.9 Å². The van der Waals surface area contributed by atoms with Gasteiger partial charge in [0.05, 0.1) is 21.7 Å². The van der Waals surface area contributed by atoms with Gasteiger partial charge in [-0.25, -0.2) is 4.79 Å². The summed E-state index contributed by atoms with van der Waals surface area (Å²) in [5.41, 5.74) is 4.37. The molecule has 0 aromatic heterocycles. The van der Waals surface area contributed by atoms with Crippen LogP contribution in [0.5, 0.6) is 5.75 Å². The minimum atomic E-state index is -0.432. The molecule has 4 rings (SSSR count). The van der Waals surface area contributed by atoms with Gasteiger partial charge in [-0.15, -0.1) is 0 Å². The lowest BCUT2D eigenvalue weighted by Gasteiger charge is -2.12. The maximum Gasteiger partial charge on any atom is 0.329 e. The van der Waals surface area contributed by atoms with Crippen molar-refractivity contribution in [2.75, 3.05) is 0 Å². The number of ether oxygens (including phenoxy) is 1. The first-order valence-electron chi connectivity index (χ1n) is 10.2. The van der Waals surface area contributed by atoms with E-state index < -0.39 is 6.03 Å². The second-order valence-corrected chi connectivity index (χ2v) is 8.78. The van der Waals surface area contributed by atoms with Crippen molar-refractivity contribution in [2.45, 2.75) is 20.1 Å². The Bertz CT molecular complexity index is 1310. The van der Waals surface area contributed by atoms with Gasteiger partial charge in [-0.3, -0.25) is 9.69 Å². The van der Waals surface area contributed by atoms with Crippen molar-refractivity contribution in [3.63, 3.8) is 0 Å². The number of hydrogen-bond acceptors (Lipinski definition) is 4. The summed E-state index contributed by atoms with van der Waals surface area (Å²) in [5.74, 6) is 0.318. The molecule has 1 aliphatic heterocycles. The molecule has 0 saturated carbocycles. The van der Waals surface area contributed by atoms with Gasteiger partial charge in [0.2, 0.25) is 0 Å². The molecule has 3 aromatic rings. The van der Waals surface area contributed by atoms with Gasteiger partial charge in [-0.05, 0) is 64.9 Å². The topological polar surface area (TPSA) is 82.4 Å². The summed E-state index contributed by atoms with van der Waals surface area (Å²) < 4.78 is 6.75. The lowest BCUT2D eigenvalue weighted by molar-refractivity contribution is -0.123. The molecule has 6 nitrogen and oxygen atoms in total. The van der Waals surface area contributed by atoms with Crippen LogP contribution >= 0.6 is 22.6 Å². The number of nitrogens with zero attached hydrogens (tertiary/aromatic N) is 2. The normalized spacial score (nSPS) is 14.3. The first kappa shape index (κ1) is 22.6. The Morgan fingerprint density at radius 1 is 1.09 bits per heavy atom. The van der Waals surface area contributed by atoms with Crippen LogP contribution in [0, 0.1) is 21.8 Å². The van der Waals surface area contributed by atoms with Crippen molar-refractivity contribution in [2.24, 2.45) is 0 Å². The van der Waals surface area contributed by atoms with Gasteiger partial charge in [-0.2, -0.15) is 5.26 Å². The van der Waals surface area contributed by atoms with E-state index in [1.165, 1.54) is 4.90 Å². The number of nitriles is 1. The highest BCUT2D eigenvalue weighted by Gasteiger charge is 2.33. The Hall–Kier alpha value is -3.64. The molecule has 0 aliphatic carbocycles. The van der Waals surface area contributed by atoms with E-state index in [1.54, 1.807) is 12.1 Å². The molecule has 1 saturated heterocycles. The molecule has 164 valence electrons. The molecule has 1 heterocycles. The van der Waals surface area contributed by atoms with E-state index in [2.05, 4.69) is 34.0 Å². The maximum absolute atomic E-state index is 12.8. The molecule has 0 bridgehead atoms. The molecule has 1 aliphatic rings. The number of amides is 3.